The number of piperazine rings is 1. The summed E-state index contributed by atoms with van der Waals surface area (Å²) in [7, 11) is 0. The Morgan fingerprint density at radius 1 is 1.00 bits per heavy atom. The van der Waals surface area contributed by atoms with Gasteiger partial charge in [-0.1, -0.05) is 12.1 Å². The Bertz CT molecular complexity index is 966. The van der Waals surface area contributed by atoms with Gasteiger partial charge >= 0.3 is 0 Å². The van der Waals surface area contributed by atoms with Crippen LogP contribution in [0, 0.1) is 0 Å². The molecule has 4 N–H and O–H groups in total. The summed E-state index contributed by atoms with van der Waals surface area (Å²) in [6.07, 6.45) is 0.956. The van der Waals surface area contributed by atoms with Crippen molar-refractivity contribution in [3.8, 4) is 0 Å². The van der Waals surface area contributed by atoms with E-state index in [0.717, 1.165) is 44.0 Å². The number of rotatable bonds is 6. The summed E-state index contributed by atoms with van der Waals surface area (Å²) in [6, 6.07) is 15.0. The summed E-state index contributed by atoms with van der Waals surface area (Å²) >= 11 is 0. The molecule has 2 fully saturated rings. The van der Waals surface area contributed by atoms with Crippen molar-refractivity contribution in [2.75, 3.05) is 49.9 Å². The highest BCUT2D eigenvalue weighted by atomic mass is 16.2. The maximum atomic E-state index is 12.2. The van der Waals surface area contributed by atoms with Gasteiger partial charge in [0.05, 0.1) is 5.92 Å². The molecule has 2 heterocycles. The lowest BCUT2D eigenvalue weighted by molar-refractivity contribution is -0.134. The second-order valence-corrected chi connectivity index (χ2v) is 8.30. The highest BCUT2D eigenvalue weighted by molar-refractivity contribution is 6.01. The predicted molar refractivity (Wildman–Crippen MR) is 123 cm³/mol. The first-order valence-corrected chi connectivity index (χ1v) is 11.0. The SMILES string of the molecule is Nc1ccc(C(=O)NCCN2CCN(c3ccc(C4CCC(=O)NC4=O)cc3)CC2)cc1. The predicted octanol–water partition coefficient (Wildman–Crippen LogP) is 1.34. The molecule has 0 saturated carbocycles. The molecule has 0 radical (unpaired) electrons. The van der Waals surface area contributed by atoms with Crippen molar-refractivity contribution in [1.29, 1.82) is 0 Å². The van der Waals surface area contributed by atoms with Gasteiger partial charge in [0.1, 0.15) is 0 Å². The molecular weight excluding hydrogens is 406 g/mol. The molecular formula is C24H29N5O3. The molecule has 168 valence electrons. The Hall–Kier alpha value is -3.39. The van der Waals surface area contributed by atoms with Gasteiger partial charge in [-0.3, -0.25) is 24.6 Å². The Morgan fingerprint density at radius 3 is 2.34 bits per heavy atom. The van der Waals surface area contributed by atoms with E-state index in [1.54, 1.807) is 24.3 Å². The lowest BCUT2D eigenvalue weighted by Crippen LogP contribution is -2.48. The normalized spacial score (nSPS) is 19.5. The zero-order chi connectivity index (χ0) is 22.5. The third-order valence-corrected chi connectivity index (χ3v) is 6.16. The molecule has 0 bridgehead atoms. The van der Waals surface area contributed by atoms with Gasteiger partial charge in [-0.15, -0.1) is 0 Å². The van der Waals surface area contributed by atoms with E-state index in [0.29, 0.717) is 30.6 Å². The second-order valence-electron chi connectivity index (χ2n) is 8.30. The highest BCUT2D eigenvalue weighted by Gasteiger charge is 2.28. The van der Waals surface area contributed by atoms with E-state index in [1.165, 1.54) is 0 Å². The minimum atomic E-state index is -0.248. The number of imide groups is 1. The largest absolute Gasteiger partial charge is 0.399 e. The Labute approximate surface area is 187 Å². The number of nitrogens with one attached hydrogen (secondary N) is 2. The summed E-state index contributed by atoms with van der Waals surface area (Å²) in [5.74, 6) is -0.724. The zero-order valence-electron chi connectivity index (χ0n) is 18.0. The minimum Gasteiger partial charge on any atom is -0.399 e. The van der Waals surface area contributed by atoms with Crippen LogP contribution < -0.4 is 21.3 Å². The van der Waals surface area contributed by atoms with Crippen molar-refractivity contribution >= 4 is 29.1 Å². The van der Waals surface area contributed by atoms with E-state index in [9.17, 15) is 14.4 Å². The number of benzene rings is 2. The van der Waals surface area contributed by atoms with Gasteiger partial charge in [0.2, 0.25) is 11.8 Å². The van der Waals surface area contributed by atoms with Crippen LogP contribution >= 0.6 is 0 Å². The number of nitrogens with two attached hydrogens (primary N) is 1. The number of carbonyl (C=O) groups excluding carboxylic acids is 3. The molecule has 2 aliphatic heterocycles. The third kappa shape index (κ3) is 5.26. The molecule has 2 aliphatic rings. The number of nitrogen functional groups attached to an aromatic ring is 1. The van der Waals surface area contributed by atoms with E-state index in [-0.39, 0.29) is 23.6 Å². The smallest absolute Gasteiger partial charge is 0.251 e. The number of anilines is 2. The fourth-order valence-corrected chi connectivity index (χ4v) is 4.22. The van der Waals surface area contributed by atoms with Gasteiger partial charge in [-0.2, -0.15) is 0 Å². The van der Waals surface area contributed by atoms with Crippen LogP contribution in [0.25, 0.3) is 0 Å². The summed E-state index contributed by atoms with van der Waals surface area (Å²) < 4.78 is 0. The van der Waals surface area contributed by atoms with Crippen molar-refractivity contribution in [2.45, 2.75) is 18.8 Å². The van der Waals surface area contributed by atoms with Crippen LogP contribution in [-0.2, 0) is 9.59 Å². The standard InChI is InChI=1S/C24H29N5O3/c25-19-5-1-18(2-6-19)23(31)26-11-12-28-13-15-29(16-14-28)20-7-3-17(4-8-20)21-9-10-22(30)27-24(21)32/h1-8,21H,9-16,25H2,(H,26,31)(H,27,30,32). The number of hydrogen-bond donors (Lipinski definition) is 3. The van der Waals surface area contributed by atoms with Crippen molar-refractivity contribution in [3.63, 3.8) is 0 Å². The molecule has 4 rings (SSSR count). The van der Waals surface area contributed by atoms with Crippen LogP contribution in [0.4, 0.5) is 11.4 Å². The van der Waals surface area contributed by atoms with Crippen molar-refractivity contribution < 1.29 is 14.4 Å². The Morgan fingerprint density at radius 2 is 1.69 bits per heavy atom. The van der Waals surface area contributed by atoms with Crippen LogP contribution in [0.5, 0.6) is 0 Å². The van der Waals surface area contributed by atoms with Gasteiger partial charge in [0.25, 0.3) is 5.91 Å². The fourth-order valence-electron chi connectivity index (χ4n) is 4.22. The van der Waals surface area contributed by atoms with Crippen molar-refractivity contribution in [2.24, 2.45) is 0 Å². The van der Waals surface area contributed by atoms with E-state index in [4.69, 9.17) is 5.73 Å². The lowest BCUT2D eigenvalue weighted by Gasteiger charge is -2.36. The molecule has 0 aromatic heterocycles. The van der Waals surface area contributed by atoms with Gasteiger partial charge < -0.3 is 16.0 Å². The van der Waals surface area contributed by atoms with E-state index in [2.05, 4.69) is 32.6 Å². The maximum absolute atomic E-state index is 12.2. The van der Waals surface area contributed by atoms with Crippen LogP contribution in [0.1, 0.15) is 34.7 Å². The van der Waals surface area contributed by atoms with Crippen LogP contribution in [0.2, 0.25) is 0 Å². The number of amides is 3. The first-order valence-electron chi connectivity index (χ1n) is 11.0. The molecule has 32 heavy (non-hydrogen) atoms. The first-order chi connectivity index (χ1) is 15.5. The van der Waals surface area contributed by atoms with Crippen molar-refractivity contribution in [1.82, 2.24) is 15.5 Å². The summed E-state index contributed by atoms with van der Waals surface area (Å²) in [6.45, 7) is 5.07. The monoisotopic (exact) mass is 435 g/mol. The number of carbonyl (C=O) groups is 3. The van der Waals surface area contributed by atoms with Gasteiger partial charge in [0.15, 0.2) is 0 Å². The van der Waals surface area contributed by atoms with Crippen LogP contribution in [0.15, 0.2) is 48.5 Å². The molecule has 8 heteroatoms. The average Bonchev–Trinajstić information content (AvgIpc) is 2.80. The molecule has 2 saturated heterocycles. The second kappa shape index (κ2) is 9.82. The van der Waals surface area contributed by atoms with Gasteiger partial charge in [-0.25, -0.2) is 0 Å². The van der Waals surface area contributed by atoms with E-state index >= 15 is 0 Å². The number of nitrogens with zero attached hydrogens (tertiary/aromatic N) is 2. The molecule has 1 unspecified atom stereocenters. The summed E-state index contributed by atoms with van der Waals surface area (Å²) in [5.41, 5.74) is 9.01. The summed E-state index contributed by atoms with van der Waals surface area (Å²) in [5, 5.41) is 5.38. The molecule has 1 atom stereocenters. The maximum Gasteiger partial charge on any atom is 0.251 e. The molecule has 0 spiro atoms. The Balaban J connectivity index is 1.21. The third-order valence-electron chi connectivity index (χ3n) is 6.16. The molecule has 0 aliphatic carbocycles. The van der Waals surface area contributed by atoms with E-state index < -0.39 is 0 Å². The topological polar surface area (TPSA) is 108 Å². The molecule has 2 aromatic rings. The summed E-state index contributed by atoms with van der Waals surface area (Å²) in [4.78, 5) is 40.3. The number of hydrogen-bond acceptors (Lipinski definition) is 6. The lowest BCUT2D eigenvalue weighted by atomic mass is 9.90. The van der Waals surface area contributed by atoms with Crippen LogP contribution in [0.3, 0.4) is 0 Å². The van der Waals surface area contributed by atoms with Gasteiger partial charge in [0, 0.05) is 62.6 Å². The van der Waals surface area contributed by atoms with Crippen LogP contribution in [-0.4, -0.2) is 61.9 Å². The average molecular weight is 436 g/mol. The highest BCUT2D eigenvalue weighted by Crippen LogP contribution is 2.27. The van der Waals surface area contributed by atoms with Crippen molar-refractivity contribution in [3.05, 3.63) is 59.7 Å². The molecule has 2 aromatic carbocycles. The Kier molecular flexibility index (Phi) is 6.70. The number of piperidine rings is 1. The molecule has 3 amide bonds. The minimum absolute atomic E-state index is 0.0836. The zero-order valence-corrected chi connectivity index (χ0v) is 18.0. The molecule has 8 nitrogen and oxygen atoms in total. The van der Waals surface area contributed by atoms with E-state index in [1.807, 2.05) is 12.1 Å². The quantitative estimate of drug-likeness (QED) is 0.467. The van der Waals surface area contributed by atoms with Gasteiger partial charge in [-0.05, 0) is 48.4 Å². The fraction of sp³-hybridized carbons (Fsp3) is 0.375. The first kappa shape index (κ1) is 21.8.